The van der Waals surface area contributed by atoms with Crippen LogP contribution in [-0.4, -0.2) is 30.7 Å². The van der Waals surface area contributed by atoms with Crippen LogP contribution in [0.4, 0.5) is 5.69 Å². The lowest BCUT2D eigenvalue weighted by atomic mass is 10.0. The zero-order valence-corrected chi connectivity index (χ0v) is 11.3. The summed E-state index contributed by atoms with van der Waals surface area (Å²) in [4.78, 5) is 11.0. The Morgan fingerprint density at radius 2 is 1.83 bits per heavy atom. The fraction of sp³-hybridized carbons (Fsp3) is 0.500. The van der Waals surface area contributed by atoms with Crippen molar-refractivity contribution in [2.24, 2.45) is 0 Å². The largest absolute Gasteiger partial charge is 0.480 e. The number of likely N-dealkylation sites (N-methyl/N-ethyl adjacent to an activating group) is 1. The molecule has 0 aliphatic heterocycles. The maximum atomic E-state index is 11.0. The van der Waals surface area contributed by atoms with Crippen LogP contribution in [0, 0.1) is 0 Å². The number of hydrogen-bond donors (Lipinski definition) is 3. The number of rotatable bonds is 7. The summed E-state index contributed by atoms with van der Waals surface area (Å²) in [5, 5.41) is 15.1. The zero-order valence-electron chi connectivity index (χ0n) is 11.3. The molecule has 0 bridgehead atoms. The fourth-order valence-corrected chi connectivity index (χ4v) is 1.99. The van der Waals surface area contributed by atoms with Crippen LogP contribution in [0.3, 0.4) is 0 Å². The highest BCUT2D eigenvalue weighted by Gasteiger charge is 2.15. The van der Waals surface area contributed by atoms with Crippen LogP contribution in [0.5, 0.6) is 0 Å². The summed E-state index contributed by atoms with van der Waals surface area (Å²) < 4.78 is 0. The Labute approximate surface area is 108 Å². The van der Waals surface area contributed by atoms with Crippen LogP contribution in [0.25, 0.3) is 0 Å². The van der Waals surface area contributed by atoms with Gasteiger partial charge in [0, 0.05) is 12.2 Å². The molecule has 0 aromatic heterocycles. The summed E-state index contributed by atoms with van der Waals surface area (Å²) in [5.74, 6) is -0.836. The molecule has 0 fully saturated rings. The molecule has 0 radical (unpaired) electrons. The van der Waals surface area contributed by atoms with Crippen LogP contribution in [0.2, 0.25) is 0 Å². The fourth-order valence-electron chi connectivity index (χ4n) is 1.99. The van der Waals surface area contributed by atoms with Gasteiger partial charge in [0.05, 0.1) is 0 Å². The van der Waals surface area contributed by atoms with Crippen LogP contribution in [-0.2, 0) is 17.6 Å². The van der Waals surface area contributed by atoms with E-state index in [1.807, 2.05) is 0 Å². The van der Waals surface area contributed by atoms with E-state index in [4.69, 9.17) is 5.11 Å². The number of carbonyl (C=O) groups is 1. The number of aryl methyl sites for hydroxylation is 2. The molecule has 4 nitrogen and oxygen atoms in total. The SMILES string of the molecule is CCc1cccc(CC)c1NCC(NC)C(=O)O. The number of anilines is 1. The van der Waals surface area contributed by atoms with Gasteiger partial charge in [-0.3, -0.25) is 4.79 Å². The van der Waals surface area contributed by atoms with E-state index in [0.717, 1.165) is 18.5 Å². The quantitative estimate of drug-likeness (QED) is 0.691. The van der Waals surface area contributed by atoms with Gasteiger partial charge in [0.15, 0.2) is 0 Å². The van der Waals surface area contributed by atoms with Crippen molar-refractivity contribution in [3.63, 3.8) is 0 Å². The molecule has 0 amide bonds. The van der Waals surface area contributed by atoms with Crippen molar-refractivity contribution in [3.05, 3.63) is 29.3 Å². The average molecular weight is 250 g/mol. The van der Waals surface area contributed by atoms with E-state index in [-0.39, 0.29) is 0 Å². The van der Waals surface area contributed by atoms with Gasteiger partial charge >= 0.3 is 5.97 Å². The van der Waals surface area contributed by atoms with Gasteiger partial charge in [0.25, 0.3) is 0 Å². The number of aliphatic carboxylic acids is 1. The molecule has 1 aromatic carbocycles. The van der Waals surface area contributed by atoms with Crippen molar-refractivity contribution in [2.75, 3.05) is 18.9 Å². The predicted octanol–water partition coefficient (Wildman–Crippen LogP) is 1.90. The third kappa shape index (κ3) is 3.47. The van der Waals surface area contributed by atoms with Gasteiger partial charge in [-0.05, 0) is 31.0 Å². The number of benzene rings is 1. The van der Waals surface area contributed by atoms with E-state index >= 15 is 0 Å². The maximum Gasteiger partial charge on any atom is 0.322 e. The van der Waals surface area contributed by atoms with Gasteiger partial charge in [-0.25, -0.2) is 0 Å². The molecule has 0 aliphatic rings. The molecule has 0 saturated heterocycles. The Hall–Kier alpha value is -1.55. The first-order valence-electron chi connectivity index (χ1n) is 6.38. The normalized spacial score (nSPS) is 12.2. The standard InChI is InChI=1S/C14H22N2O2/c1-4-10-7-6-8-11(5-2)13(10)16-9-12(15-3)14(17)18/h6-8,12,15-16H,4-5,9H2,1-3H3,(H,17,18). The number of para-hydroxylation sites is 1. The van der Waals surface area contributed by atoms with Crippen molar-refractivity contribution < 1.29 is 9.90 Å². The van der Waals surface area contributed by atoms with Crippen LogP contribution >= 0.6 is 0 Å². The van der Waals surface area contributed by atoms with Gasteiger partial charge in [-0.15, -0.1) is 0 Å². The van der Waals surface area contributed by atoms with Crippen LogP contribution < -0.4 is 10.6 Å². The lowest BCUT2D eigenvalue weighted by Crippen LogP contribution is -2.40. The summed E-state index contributed by atoms with van der Waals surface area (Å²) in [6.45, 7) is 4.59. The second kappa shape index (κ2) is 7.01. The van der Waals surface area contributed by atoms with Crippen molar-refractivity contribution in [3.8, 4) is 0 Å². The van der Waals surface area contributed by atoms with Crippen LogP contribution in [0.15, 0.2) is 18.2 Å². The molecular weight excluding hydrogens is 228 g/mol. The molecule has 0 aliphatic carbocycles. The Morgan fingerprint density at radius 3 is 2.22 bits per heavy atom. The minimum atomic E-state index is -0.836. The van der Waals surface area contributed by atoms with E-state index in [0.29, 0.717) is 6.54 Å². The second-order valence-electron chi connectivity index (χ2n) is 4.22. The molecule has 0 saturated carbocycles. The smallest absolute Gasteiger partial charge is 0.322 e. The molecule has 18 heavy (non-hydrogen) atoms. The lowest BCUT2D eigenvalue weighted by molar-refractivity contribution is -0.138. The number of carboxylic acid groups (broad SMARTS) is 1. The maximum absolute atomic E-state index is 11.0. The van der Waals surface area contributed by atoms with Crippen molar-refractivity contribution >= 4 is 11.7 Å². The zero-order chi connectivity index (χ0) is 13.5. The first kappa shape index (κ1) is 14.5. The van der Waals surface area contributed by atoms with Gasteiger partial charge in [0.2, 0.25) is 0 Å². The van der Waals surface area contributed by atoms with Gasteiger partial charge in [0.1, 0.15) is 6.04 Å². The minimum Gasteiger partial charge on any atom is -0.480 e. The molecule has 1 aromatic rings. The third-order valence-corrected chi connectivity index (χ3v) is 3.13. The molecule has 1 atom stereocenters. The summed E-state index contributed by atoms with van der Waals surface area (Å²) >= 11 is 0. The molecule has 1 unspecified atom stereocenters. The van der Waals surface area contributed by atoms with Crippen molar-refractivity contribution in [1.29, 1.82) is 0 Å². The predicted molar refractivity (Wildman–Crippen MR) is 74.2 cm³/mol. The summed E-state index contributed by atoms with van der Waals surface area (Å²) in [6.07, 6.45) is 1.88. The first-order chi connectivity index (χ1) is 8.63. The highest BCUT2D eigenvalue weighted by atomic mass is 16.4. The molecule has 4 heteroatoms. The van der Waals surface area contributed by atoms with Gasteiger partial charge < -0.3 is 15.7 Å². The van der Waals surface area contributed by atoms with Crippen molar-refractivity contribution in [2.45, 2.75) is 32.7 Å². The van der Waals surface area contributed by atoms with Gasteiger partial charge in [-0.1, -0.05) is 32.0 Å². The molecular formula is C14H22N2O2. The van der Waals surface area contributed by atoms with E-state index in [1.165, 1.54) is 11.1 Å². The molecule has 0 spiro atoms. The van der Waals surface area contributed by atoms with E-state index in [2.05, 4.69) is 42.7 Å². The Balaban J connectivity index is 2.85. The monoisotopic (exact) mass is 250 g/mol. The van der Waals surface area contributed by atoms with E-state index in [1.54, 1.807) is 7.05 Å². The molecule has 100 valence electrons. The van der Waals surface area contributed by atoms with Gasteiger partial charge in [-0.2, -0.15) is 0 Å². The number of nitrogens with one attached hydrogen (secondary N) is 2. The third-order valence-electron chi connectivity index (χ3n) is 3.13. The number of carboxylic acids is 1. The Bertz CT molecular complexity index is 383. The molecule has 1 rings (SSSR count). The average Bonchev–Trinajstić information content (AvgIpc) is 2.38. The summed E-state index contributed by atoms with van der Waals surface area (Å²) in [7, 11) is 1.66. The topological polar surface area (TPSA) is 61.4 Å². The second-order valence-corrected chi connectivity index (χ2v) is 4.22. The van der Waals surface area contributed by atoms with E-state index in [9.17, 15) is 4.79 Å². The Morgan fingerprint density at radius 1 is 1.28 bits per heavy atom. The number of hydrogen-bond acceptors (Lipinski definition) is 3. The Kier molecular flexibility index (Phi) is 5.65. The highest BCUT2D eigenvalue weighted by Crippen LogP contribution is 2.22. The lowest BCUT2D eigenvalue weighted by Gasteiger charge is -2.18. The van der Waals surface area contributed by atoms with Crippen LogP contribution in [0.1, 0.15) is 25.0 Å². The van der Waals surface area contributed by atoms with E-state index < -0.39 is 12.0 Å². The summed E-state index contributed by atoms with van der Waals surface area (Å²) in [5.41, 5.74) is 3.55. The van der Waals surface area contributed by atoms with Crippen molar-refractivity contribution in [1.82, 2.24) is 5.32 Å². The minimum absolute atomic E-state index is 0.385. The first-order valence-corrected chi connectivity index (χ1v) is 6.38. The summed E-state index contributed by atoms with van der Waals surface area (Å²) in [6, 6.07) is 5.64. The molecule has 3 N–H and O–H groups in total. The molecule has 0 heterocycles. The highest BCUT2D eigenvalue weighted by molar-refractivity contribution is 5.74.